The van der Waals surface area contributed by atoms with Gasteiger partial charge in [-0.05, 0) is 61.4 Å². The van der Waals surface area contributed by atoms with Crippen molar-refractivity contribution in [2.45, 2.75) is 46.0 Å². The molecule has 0 heterocycles. The molecule has 0 unspecified atom stereocenters. The summed E-state index contributed by atoms with van der Waals surface area (Å²) in [7, 11) is 0. The van der Waals surface area contributed by atoms with Crippen LogP contribution >= 0.6 is 0 Å². The number of rotatable bonds is 10. The van der Waals surface area contributed by atoms with E-state index in [1.54, 1.807) is 0 Å². The van der Waals surface area contributed by atoms with Gasteiger partial charge in [-0.25, -0.2) is 0 Å². The van der Waals surface area contributed by atoms with Crippen molar-refractivity contribution in [3.8, 4) is 23.3 Å². The first kappa shape index (κ1) is 20.6. The van der Waals surface area contributed by atoms with Gasteiger partial charge in [0, 0.05) is 11.1 Å². The average Bonchev–Trinajstić information content (AvgIpc) is 2.71. The monoisotopic (exact) mass is 362 g/mol. The summed E-state index contributed by atoms with van der Waals surface area (Å²) >= 11 is 0. The van der Waals surface area contributed by atoms with Gasteiger partial charge < -0.3 is 9.47 Å². The maximum atomic E-state index is 5.73. The maximum absolute atomic E-state index is 5.73. The fourth-order valence-electron chi connectivity index (χ4n) is 2.45. The smallest absolute Gasteiger partial charge is 0.119 e. The molecule has 142 valence electrons. The SMILES string of the molecule is CCCC=CCOc1ccc(C#Cc2ccc(OCCCCC)cc2)cc1. The van der Waals surface area contributed by atoms with Gasteiger partial charge in [-0.1, -0.05) is 57.1 Å². The van der Waals surface area contributed by atoms with Gasteiger partial charge in [-0.3, -0.25) is 0 Å². The third kappa shape index (κ3) is 8.51. The van der Waals surface area contributed by atoms with Crippen LogP contribution in [0.25, 0.3) is 0 Å². The average molecular weight is 363 g/mol. The molecule has 27 heavy (non-hydrogen) atoms. The van der Waals surface area contributed by atoms with Crippen molar-refractivity contribution < 1.29 is 9.47 Å². The van der Waals surface area contributed by atoms with Gasteiger partial charge >= 0.3 is 0 Å². The topological polar surface area (TPSA) is 18.5 Å². The van der Waals surface area contributed by atoms with Crippen molar-refractivity contribution in [3.05, 3.63) is 71.8 Å². The Morgan fingerprint density at radius 3 is 1.85 bits per heavy atom. The van der Waals surface area contributed by atoms with Crippen molar-refractivity contribution in [3.63, 3.8) is 0 Å². The van der Waals surface area contributed by atoms with E-state index in [1.807, 2.05) is 48.5 Å². The lowest BCUT2D eigenvalue weighted by Gasteiger charge is -2.05. The highest BCUT2D eigenvalue weighted by molar-refractivity contribution is 5.45. The molecule has 0 aromatic heterocycles. The molecular weight excluding hydrogens is 332 g/mol. The molecule has 0 bridgehead atoms. The third-order valence-corrected chi connectivity index (χ3v) is 4.04. The molecule has 0 aliphatic carbocycles. The highest BCUT2D eigenvalue weighted by atomic mass is 16.5. The van der Waals surface area contributed by atoms with Crippen LogP contribution in [0.3, 0.4) is 0 Å². The molecule has 2 aromatic carbocycles. The molecule has 2 rings (SSSR count). The Kier molecular flexibility index (Phi) is 9.68. The molecule has 0 spiro atoms. The van der Waals surface area contributed by atoms with Crippen molar-refractivity contribution >= 4 is 0 Å². The van der Waals surface area contributed by atoms with Crippen LogP contribution in [0.15, 0.2) is 60.7 Å². The summed E-state index contributed by atoms with van der Waals surface area (Å²) in [5.41, 5.74) is 1.96. The van der Waals surface area contributed by atoms with Crippen molar-refractivity contribution in [1.29, 1.82) is 0 Å². The maximum Gasteiger partial charge on any atom is 0.119 e. The number of ether oxygens (including phenoxy) is 2. The van der Waals surface area contributed by atoms with Crippen LogP contribution in [0.4, 0.5) is 0 Å². The van der Waals surface area contributed by atoms with Crippen LogP contribution < -0.4 is 9.47 Å². The minimum Gasteiger partial charge on any atom is -0.494 e. The summed E-state index contributed by atoms with van der Waals surface area (Å²) in [6.45, 7) is 5.75. The van der Waals surface area contributed by atoms with E-state index in [9.17, 15) is 0 Å². The lowest BCUT2D eigenvalue weighted by Crippen LogP contribution is -1.96. The van der Waals surface area contributed by atoms with E-state index in [1.165, 1.54) is 19.3 Å². The van der Waals surface area contributed by atoms with Gasteiger partial charge in [-0.2, -0.15) is 0 Å². The van der Waals surface area contributed by atoms with Crippen LogP contribution in [0.5, 0.6) is 11.5 Å². The molecule has 0 saturated carbocycles. The molecule has 2 heteroatoms. The summed E-state index contributed by atoms with van der Waals surface area (Å²) in [5.74, 6) is 8.16. The fraction of sp³-hybridized carbons (Fsp3) is 0.360. The molecule has 0 saturated heterocycles. The summed E-state index contributed by atoms with van der Waals surface area (Å²) in [6.07, 6.45) is 10.0. The molecular formula is C25H30O2. The predicted octanol–water partition coefficient (Wildman–Crippen LogP) is 6.39. The van der Waals surface area contributed by atoms with Gasteiger partial charge in [0.25, 0.3) is 0 Å². The first-order valence-electron chi connectivity index (χ1n) is 9.94. The summed E-state index contributed by atoms with van der Waals surface area (Å²) in [4.78, 5) is 0. The van der Waals surface area contributed by atoms with Crippen molar-refractivity contribution in [1.82, 2.24) is 0 Å². The normalized spacial score (nSPS) is 10.4. The summed E-state index contributed by atoms with van der Waals surface area (Å²) in [6, 6.07) is 15.9. The van der Waals surface area contributed by atoms with Crippen LogP contribution in [0, 0.1) is 11.8 Å². The molecule has 0 amide bonds. The lowest BCUT2D eigenvalue weighted by molar-refractivity contribution is 0.306. The van der Waals surface area contributed by atoms with Crippen LogP contribution in [0.2, 0.25) is 0 Å². The van der Waals surface area contributed by atoms with Gasteiger partial charge in [0.2, 0.25) is 0 Å². The predicted molar refractivity (Wildman–Crippen MR) is 113 cm³/mol. The van der Waals surface area contributed by atoms with Crippen molar-refractivity contribution in [2.24, 2.45) is 0 Å². The van der Waals surface area contributed by atoms with E-state index in [0.717, 1.165) is 42.1 Å². The highest BCUT2D eigenvalue weighted by Crippen LogP contribution is 2.14. The number of unbranched alkanes of at least 4 members (excludes halogenated alkanes) is 3. The number of hydrogen-bond acceptors (Lipinski definition) is 2. The van der Waals surface area contributed by atoms with E-state index in [4.69, 9.17) is 9.47 Å². The Morgan fingerprint density at radius 1 is 0.704 bits per heavy atom. The van der Waals surface area contributed by atoms with Crippen LogP contribution in [-0.4, -0.2) is 13.2 Å². The molecule has 2 nitrogen and oxygen atoms in total. The molecule has 0 aliphatic heterocycles. The zero-order chi connectivity index (χ0) is 19.2. The highest BCUT2D eigenvalue weighted by Gasteiger charge is 1.95. The number of hydrogen-bond donors (Lipinski definition) is 0. The van der Waals surface area contributed by atoms with Gasteiger partial charge in [0.1, 0.15) is 18.1 Å². The summed E-state index contributed by atoms with van der Waals surface area (Å²) < 4.78 is 11.4. The Bertz CT molecular complexity index is 731. The van der Waals surface area contributed by atoms with Gasteiger partial charge in [0.05, 0.1) is 6.61 Å². The lowest BCUT2D eigenvalue weighted by atomic mass is 10.2. The molecule has 0 radical (unpaired) electrons. The Morgan fingerprint density at radius 2 is 1.30 bits per heavy atom. The Labute approximate surface area is 164 Å². The van der Waals surface area contributed by atoms with E-state index in [0.29, 0.717) is 6.61 Å². The third-order valence-electron chi connectivity index (χ3n) is 4.04. The van der Waals surface area contributed by atoms with Gasteiger partial charge in [-0.15, -0.1) is 0 Å². The largest absolute Gasteiger partial charge is 0.494 e. The minimum absolute atomic E-state index is 0.609. The molecule has 2 aromatic rings. The molecule has 0 fully saturated rings. The Balaban J connectivity index is 1.82. The minimum atomic E-state index is 0.609. The molecule has 0 atom stereocenters. The zero-order valence-corrected chi connectivity index (χ0v) is 16.5. The second-order valence-corrected chi connectivity index (χ2v) is 6.43. The van der Waals surface area contributed by atoms with Crippen LogP contribution in [-0.2, 0) is 0 Å². The quantitative estimate of drug-likeness (QED) is 0.277. The van der Waals surface area contributed by atoms with E-state index in [2.05, 4.69) is 37.8 Å². The van der Waals surface area contributed by atoms with E-state index in [-0.39, 0.29) is 0 Å². The van der Waals surface area contributed by atoms with Crippen LogP contribution in [0.1, 0.15) is 57.1 Å². The molecule has 0 aliphatic rings. The first-order valence-corrected chi connectivity index (χ1v) is 9.94. The Hall–Kier alpha value is -2.66. The number of benzene rings is 2. The standard InChI is InChI=1S/C25H30O2/c1-3-5-7-9-21-27-25-18-14-23(15-19-25)11-10-22-12-16-24(17-13-22)26-20-8-6-4-2/h7,9,12-19H,3-6,8,20-21H2,1-2H3. The second-order valence-electron chi connectivity index (χ2n) is 6.43. The van der Waals surface area contributed by atoms with Crippen molar-refractivity contribution in [2.75, 3.05) is 13.2 Å². The van der Waals surface area contributed by atoms with Gasteiger partial charge in [0.15, 0.2) is 0 Å². The zero-order valence-electron chi connectivity index (χ0n) is 16.5. The number of allylic oxidation sites excluding steroid dienone is 1. The van der Waals surface area contributed by atoms with E-state index >= 15 is 0 Å². The molecule has 0 N–H and O–H groups in total. The first-order chi connectivity index (χ1) is 13.3. The summed E-state index contributed by atoms with van der Waals surface area (Å²) in [5, 5.41) is 0. The fourth-order valence-corrected chi connectivity index (χ4v) is 2.45. The second kappa shape index (κ2) is 12.7. The van der Waals surface area contributed by atoms with E-state index < -0.39 is 0 Å².